The largest absolute Gasteiger partial charge is 0.461 e. The highest BCUT2D eigenvalue weighted by Crippen LogP contribution is 2.32. The summed E-state index contributed by atoms with van der Waals surface area (Å²) in [5.41, 5.74) is 1.02. The molecule has 2 saturated heterocycles. The number of hydrogen-bond donors (Lipinski definition) is 0. The molecule has 2 fully saturated rings. The van der Waals surface area contributed by atoms with E-state index in [0.717, 1.165) is 25.1 Å². The number of Topliss-reactive ketones (excluding diaryl/α,β-unsaturated/α-hetero) is 1. The maximum atomic E-state index is 12.2. The van der Waals surface area contributed by atoms with Crippen molar-refractivity contribution in [2.75, 3.05) is 19.7 Å². The van der Waals surface area contributed by atoms with E-state index >= 15 is 0 Å². The van der Waals surface area contributed by atoms with Crippen molar-refractivity contribution < 1.29 is 23.9 Å². The van der Waals surface area contributed by atoms with E-state index in [2.05, 4.69) is 11.0 Å². The average Bonchev–Trinajstić information content (AvgIpc) is 2.98. The third-order valence-corrected chi connectivity index (χ3v) is 4.58. The summed E-state index contributed by atoms with van der Waals surface area (Å²) in [7, 11) is 0. The maximum absolute atomic E-state index is 12.2. The van der Waals surface area contributed by atoms with E-state index in [9.17, 15) is 14.4 Å². The summed E-state index contributed by atoms with van der Waals surface area (Å²) in [5, 5.41) is 0. The van der Waals surface area contributed by atoms with Gasteiger partial charge in [0.2, 0.25) is 0 Å². The number of rotatable bonds is 2. The lowest BCUT2D eigenvalue weighted by Crippen LogP contribution is -2.36. The van der Waals surface area contributed by atoms with Crippen molar-refractivity contribution in [1.29, 1.82) is 0 Å². The van der Waals surface area contributed by atoms with Crippen LogP contribution in [0.1, 0.15) is 32.6 Å². The highest BCUT2D eigenvalue weighted by Gasteiger charge is 2.42. The average molecular weight is 307 g/mol. The minimum Gasteiger partial charge on any atom is -0.461 e. The van der Waals surface area contributed by atoms with Gasteiger partial charge in [-0.3, -0.25) is 14.5 Å². The zero-order valence-corrected chi connectivity index (χ0v) is 12.7. The van der Waals surface area contributed by atoms with Crippen molar-refractivity contribution in [3.63, 3.8) is 0 Å². The van der Waals surface area contributed by atoms with Crippen molar-refractivity contribution in [1.82, 2.24) is 4.90 Å². The molecule has 0 aromatic heterocycles. The number of hydrogen-bond acceptors (Lipinski definition) is 6. The summed E-state index contributed by atoms with van der Waals surface area (Å²) < 4.78 is 11.0. The van der Waals surface area contributed by atoms with E-state index < -0.39 is 0 Å². The molecule has 3 aliphatic rings. The van der Waals surface area contributed by atoms with Crippen LogP contribution >= 0.6 is 0 Å². The summed E-state index contributed by atoms with van der Waals surface area (Å²) in [5.74, 6) is -1.04. The topological polar surface area (TPSA) is 72.9 Å². The highest BCUT2D eigenvalue weighted by molar-refractivity contribution is 5.79. The quantitative estimate of drug-likeness (QED) is 0.556. The summed E-state index contributed by atoms with van der Waals surface area (Å²) in [6.07, 6.45) is 3.07. The van der Waals surface area contributed by atoms with E-state index in [-0.39, 0.29) is 61.7 Å². The Kier molecular flexibility index (Phi) is 4.29. The molecule has 3 heterocycles. The second kappa shape index (κ2) is 6.20. The lowest BCUT2D eigenvalue weighted by Gasteiger charge is -2.23. The Balaban J connectivity index is 1.77. The Morgan fingerprint density at radius 3 is 2.86 bits per heavy atom. The van der Waals surface area contributed by atoms with Crippen molar-refractivity contribution in [2.24, 2.45) is 5.92 Å². The van der Waals surface area contributed by atoms with Gasteiger partial charge in [-0.2, -0.15) is 0 Å². The molecule has 0 N–H and O–H groups in total. The lowest BCUT2D eigenvalue weighted by molar-refractivity contribution is -0.150. The smallest absolute Gasteiger partial charge is 0.306 e. The van der Waals surface area contributed by atoms with Crippen LogP contribution in [-0.2, 0) is 23.9 Å². The normalized spacial score (nSPS) is 32.6. The number of cyclic esters (lactones) is 1. The molecule has 1 unspecified atom stereocenters. The molecule has 3 rings (SSSR count). The summed E-state index contributed by atoms with van der Waals surface area (Å²) >= 11 is 0. The van der Waals surface area contributed by atoms with Crippen LogP contribution in [0.3, 0.4) is 0 Å². The maximum Gasteiger partial charge on any atom is 0.306 e. The third-order valence-electron chi connectivity index (χ3n) is 4.58. The van der Waals surface area contributed by atoms with E-state index in [1.54, 1.807) is 0 Å². The van der Waals surface area contributed by atoms with Gasteiger partial charge in [-0.1, -0.05) is 6.08 Å². The highest BCUT2D eigenvalue weighted by atomic mass is 16.5. The molecule has 0 spiro atoms. The Bertz CT molecular complexity index is 527. The lowest BCUT2D eigenvalue weighted by atomic mass is 9.95. The zero-order chi connectivity index (χ0) is 15.7. The van der Waals surface area contributed by atoms with Crippen LogP contribution in [-0.4, -0.2) is 54.5 Å². The molecule has 0 saturated carbocycles. The first-order valence-electron chi connectivity index (χ1n) is 7.80. The van der Waals surface area contributed by atoms with Gasteiger partial charge in [0.1, 0.15) is 18.5 Å². The van der Waals surface area contributed by atoms with E-state index in [0.29, 0.717) is 0 Å². The minimum atomic E-state index is -0.352. The van der Waals surface area contributed by atoms with Gasteiger partial charge in [-0.25, -0.2) is 0 Å². The Hall–Kier alpha value is -1.69. The number of esters is 2. The number of carbonyl (C=O) groups is 3. The predicted molar refractivity (Wildman–Crippen MR) is 76.9 cm³/mol. The fourth-order valence-electron chi connectivity index (χ4n) is 3.66. The van der Waals surface area contributed by atoms with Gasteiger partial charge >= 0.3 is 11.9 Å². The van der Waals surface area contributed by atoms with Crippen LogP contribution in [0.15, 0.2) is 11.6 Å². The van der Waals surface area contributed by atoms with E-state index in [1.165, 1.54) is 6.92 Å². The van der Waals surface area contributed by atoms with Crippen LogP contribution in [0, 0.1) is 5.92 Å². The van der Waals surface area contributed by atoms with E-state index in [1.807, 2.05) is 0 Å². The van der Waals surface area contributed by atoms with Gasteiger partial charge in [-0.05, 0) is 24.8 Å². The fourth-order valence-corrected chi connectivity index (χ4v) is 3.66. The van der Waals surface area contributed by atoms with Gasteiger partial charge in [0.25, 0.3) is 0 Å². The SMILES string of the molecule is CC(=O)CC1CC(=O)OCC2=CCN3CC[C@@H](OC(=O)C1)[C@@H]23. The van der Waals surface area contributed by atoms with Gasteiger partial charge in [-0.15, -0.1) is 0 Å². The molecule has 120 valence electrons. The molecular weight excluding hydrogens is 286 g/mol. The standard InChI is InChI=1S/C16H21NO5/c1-10(18)6-11-7-14(19)21-9-12-2-4-17-5-3-13(16(12)17)22-15(20)8-11/h2,11,13,16H,3-9H2,1H3/t11?,13-,16-/m1/s1. The van der Waals surface area contributed by atoms with Gasteiger partial charge in [0.05, 0.1) is 6.04 Å². The summed E-state index contributed by atoms with van der Waals surface area (Å²) in [6, 6.07) is 0.0427. The monoisotopic (exact) mass is 307 g/mol. The summed E-state index contributed by atoms with van der Waals surface area (Å²) in [6.45, 7) is 3.42. The number of ether oxygens (including phenoxy) is 2. The van der Waals surface area contributed by atoms with Crippen LogP contribution in [0.4, 0.5) is 0 Å². The molecule has 3 aliphatic heterocycles. The van der Waals surface area contributed by atoms with E-state index in [4.69, 9.17) is 9.47 Å². The van der Waals surface area contributed by atoms with Crippen molar-refractivity contribution >= 4 is 17.7 Å². The zero-order valence-electron chi connectivity index (χ0n) is 12.7. The minimum absolute atomic E-state index is 0.0351. The summed E-state index contributed by atoms with van der Waals surface area (Å²) in [4.78, 5) is 37.7. The molecule has 22 heavy (non-hydrogen) atoms. The molecule has 0 aliphatic carbocycles. The molecule has 0 amide bonds. The molecule has 0 aromatic rings. The van der Waals surface area contributed by atoms with Crippen molar-refractivity contribution in [2.45, 2.75) is 44.8 Å². The molecule has 6 nitrogen and oxygen atoms in total. The second-order valence-corrected chi connectivity index (χ2v) is 6.38. The van der Waals surface area contributed by atoms with Crippen molar-refractivity contribution in [3.8, 4) is 0 Å². The Morgan fingerprint density at radius 1 is 1.32 bits per heavy atom. The third kappa shape index (κ3) is 3.21. The predicted octanol–water partition coefficient (Wildman–Crippen LogP) is 0.845. The Labute approximate surface area is 129 Å². The first-order chi connectivity index (χ1) is 10.5. The molecule has 0 bridgehead atoms. The van der Waals surface area contributed by atoms with Crippen LogP contribution in [0.5, 0.6) is 0 Å². The Morgan fingerprint density at radius 2 is 2.09 bits per heavy atom. The van der Waals surface area contributed by atoms with Gasteiger partial charge in [0.15, 0.2) is 0 Å². The first-order valence-corrected chi connectivity index (χ1v) is 7.80. The number of carbonyl (C=O) groups excluding carboxylic acids is 3. The molecule has 0 aromatic carbocycles. The van der Waals surface area contributed by atoms with Crippen LogP contribution < -0.4 is 0 Å². The molecule has 3 atom stereocenters. The van der Waals surface area contributed by atoms with Gasteiger partial charge < -0.3 is 14.3 Å². The van der Waals surface area contributed by atoms with Crippen molar-refractivity contribution in [3.05, 3.63) is 11.6 Å². The van der Waals surface area contributed by atoms with Crippen LogP contribution in [0.2, 0.25) is 0 Å². The molecular formula is C16H21NO5. The number of nitrogens with zero attached hydrogens (tertiary/aromatic N) is 1. The van der Waals surface area contributed by atoms with Crippen LogP contribution in [0.25, 0.3) is 0 Å². The molecule has 0 radical (unpaired) electrons. The number of ketones is 1. The second-order valence-electron chi connectivity index (χ2n) is 6.38. The molecule has 6 heteroatoms. The first kappa shape index (κ1) is 15.2. The fraction of sp³-hybridized carbons (Fsp3) is 0.688. The van der Waals surface area contributed by atoms with Gasteiger partial charge in [0, 0.05) is 32.4 Å².